The fraction of sp³-hybridized carbons (Fsp3) is 0.200. The lowest BCUT2D eigenvalue weighted by Crippen LogP contribution is -2.19. The first-order valence-corrected chi connectivity index (χ1v) is 2.90. The maximum atomic E-state index is 11.8. The van der Waals surface area contributed by atoms with Gasteiger partial charge in [0.05, 0.1) is 0 Å². The lowest BCUT2D eigenvalue weighted by Gasteiger charge is -2.03. The molecule has 1 rings (SSSR count). The van der Waals surface area contributed by atoms with E-state index in [4.69, 9.17) is 5.02 Å². The molecule has 1 radical (unpaired) electrons. The van der Waals surface area contributed by atoms with Crippen molar-refractivity contribution >= 4 is 12.9 Å². The van der Waals surface area contributed by atoms with E-state index in [1.807, 2.05) is 0 Å². The van der Waals surface area contributed by atoms with E-state index in [0.29, 0.717) is 7.48 Å². The average Bonchev–Trinajstić information content (AvgIpc) is 2.03. The molecule has 1 N–H and O–H groups in total. The highest BCUT2D eigenvalue weighted by Gasteiger charge is 2.34. The molecule has 1 heterocycles. The summed E-state index contributed by atoms with van der Waals surface area (Å²) < 4.78 is 35.5. The number of rotatable bonds is 1. The summed E-state index contributed by atoms with van der Waals surface area (Å²) in [6, 6.07) is 0. The predicted octanol–water partition coefficient (Wildman–Crippen LogP) is -0.268. The van der Waals surface area contributed by atoms with Crippen molar-refractivity contribution in [2.75, 3.05) is 0 Å². The Kier molecular flexibility index (Phi) is 2.32. The fourth-order valence-electron chi connectivity index (χ4n) is 0.551. The summed E-state index contributed by atoms with van der Waals surface area (Å²) in [6.07, 6.45) is -2.76. The molecule has 12 heavy (non-hydrogen) atoms. The molecule has 0 aliphatic rings. The monoisotopic (exact) mass is 175 g/mol. The maximum Gasteiger partial charge on any atom is 0.451 e. The van der Waals surface area contributed by atoms with Crippen molar-refractivity contribution in [3.8, 4) is 0 Å². The molecular formula is C5H3BF3N2O. The summed E-state index contributed by atoms with van der Waals surface area (Å²) in [4.78, 5) is 5.99. The van der Waals surface area contributed by atoms with E-state index in [2.05, 4.69) is 9.97 Å². The zero-order valence-electron chi connectivity index (χ0n) is 5.71. The summed E-state index contributed by atoms with van der Waals surface area (Å²) in [5.74, 6) is -1.21. The van der Waals surface area contributed by atoms with Crippen molar-refractivity contribution in [1.82, 2.24) is 9.97 Å². The first kappa shape index (κ1) is 8.99. The summed E-state index contributed by atoms with van der Waals surface area (Å²) in [5, 5.41) is 8.35. The Morgan fingerprint density at radius 3 is 2.08 bits per heavy atom. The maximum absolute atomic E-state index is 11.8. The molecule has 0 aliphatic heterocycles. The first-order valence-electron chi connectivity index (χ1n) is 2.90. The van der Waals surface area contributed by atoms with Crippen LogP contribution >= 0.6 is 0 Å². The van der Waals surface area contributed by atoms with Crippen LogP contribution in [0.1, 0.15) is 5.82 Å². The number of hydrogen-bond donors (Lipinski definition) is 1. The topological polar surface area (TPSA) is 46.0 Å². The standard InChI is InChI=1S/C5H3BF3N2O/c7-5(8,9)4-10-1-3(6-12)2-11-4/h1-2,12H. The number of alkyl halides is 3. The number of aromatic nitrogens is 2. The van der Waals surface area contributed by atoms with Gasteiger partial charge in [0.2, 0.25) is 5.82 Å². The lowest BCUT2D eigenvalue weighted by atomic mass is 9.92. The third kappa shape index (κ3) is 1.94. The normalized spacial score (nSPS) is 11.3. The Morgan fingerprint density at radius 1 is 1.25 bits per heavy atom. The summed E-state index contributed by atoms with van der Waals surface area (Å²) in [7, 11) is 0.625. The second kappa shape index (κ2) is 3.10. The molecule has 0 aliphatic carbocycles. The van der Waals surface area contributed by atoms with E-state index in [9.17, 15) is 13.2 Å². The average molecular weight is 175 g/mol. The second-order valence-corrected chi connectivity index (χ2v) is 1.97. The van der Waals surface area contributed by atoms with Crippen LogP contribution < -0.4 is 5.46 Å². The zero-order chi connectivity index (χ0) is 9.19. The van der Waals surface area contributed by atoms with E-state index in [-0.39, 0.29) is 5.46 Å². The van der Waals surface area contributed by atoms with E-state index in [1.54, 1.807) is 0 Å². The second-order valence-electron chi connectivity index (χ2n) is 1.97. The smallest absolute Gasteiger partial charge is 0.450 e. The van der Waals surface area contributed by atoms with Gasteiger partial charge in [0.25, 0.3) is 0 Å². The summed E-state index contributed by atoms with van der Waals surface area (Å²) in [5.41, 5.74) is 0.128. The van der Waals surface area contributed by atoms with Crippen LogP contribution in [0.3, 0.4) is 0 Å². The van der Waals surface area contributed by atoms with Crippen LogP contribution in [0.2, 0.25) is 0 Å². The molecule has 3 nitrogen and oxygen atoms in total. The minimum atomic E-state index is -4.53. The quantitative estimate of drug-likeness (QED) is 0.597. The third-order valence-electron chi connectivity index (χ3n) is 1.07. The van der Waals surface area contributed by atoms with Gasteiger partial charge in [0.1, 0.15) is 0 Å². The van der Waals surface area contributed by atoms with Crippen LogP contribution in [0.5, 0.6) is 0 Å². The Hall–Kier alpha value is -1.11. The van der Waals surface area contributed by atoms with Crippen LogP contribution in [0, 0.1) is 0 Å². The van der Waals surface area contributed by atoms with Crippen molar-refractivity contribution in [1.29, 1.82) is 0 Å². The third-order valence-corrected chi connectivity index (χ3v) is 1.07. The number of hydrogen-bond acceptors (Lipinski definition) is 3. The van der Waals surface area contributed by atoms with Gasteiger partial charge in [-0.25, -0.2) is 9.97 Å². The lowest BCUT2D eigenvalue weighted by molar-refractivity contribution is -0.144. The van der Waals surface area contributed by atoms with Crippen LogP contribution in [0.15, 0.2) is 12.4 Å². The van der Waals surface area contributed by atoms with Gasteiger partial charge in [-0.3, -0.25) is 0 Å². The summed E-state index contributed by atoms with van der Waals surface area (Å²) in [6.45, 7) is 0. The van der Waals surface area contributed by atoms with Crippen LogP contribution in [0.25, 0.3) is 0 Å². The highest BCUT2D eigenvalue weighted by Crippen LogP contribution is 2.24. The molecule has 0 spiro atoms. The van der Waals surface area contributed by atoms with E-state index in [1.165, 1.54) is 0 Å². The minimum absolute atomic E-state index is 0.128. The molecule has 0 saturated heterocycles. The predicted molar refractivity (Wildman–Crippen MR) is 34.6 cm³/mol. The van der Waals surface area contributed by atoms with Gasteiger partial charge in [-0.1, -0.05) is 0 Å². The Balaban J connectivity index is 2.93. The van der Waals surface area contributed by atoms with Gasteiger partial charge >= 0.3 is 13.7 Å². The van der Waals surface area contributed by atoms with Gasteiger partial charge in [-0.2, -0.15) is 13.2 Å². The zero-order valence-corrected chi connectivity index (χ0v) is 5.71. The highest BCUT2D eigenvalue weighted by atomic mass is 19.4. The molecule has 0 saturated carbocycles. The van der Waals surface area contributed by atoms with Crippen molar-refractivity contribution in [2.45, 2.75) is 6.18 Å². The molecule has 0 amide bonds. The summed E-state index contributed by atoms with van der Waals surface area (Å²) >= 11 is 0. The Bertz CT molecular complexity index is 260. The van der Waals surface area contributed by atoms with Crippen molar-refractivity contribution < 1.29 is 18.2 Å². The van der Waals surface area contributed by atoms with E-state index >= 15 is 0 Å². The molecule has 0 aromatic carbocycles. The number of nitrogens with zero attached hydrogens (tertiary/aromatic N) is 2. The number of halogens is 3. The molecule has 1 aromatic heterocycles. The van der Waals surface area contributed by atoms with E-state index in [0.717, 1.165) is 12.4 Å². The highest BCUT2D eigenvalue weighted by molar-refractivity contribution is 6.45. The molecule has 0 bridgehead atoms. The van der Waals surface area contributed by atoms with E-state index < -0.39 is 12.0 Å². The first-order chi connectivity index (χ1) is 5.54. The molecular weight excluding hydrogens is 172 g/mol. The van der Waals surface area contributed by atoms with Gasteiger partial charge < -0.3 is 5.02 Å². The van der Waals surface area contributed by atoms with Crippen molar-refractivity contribution in [2.24, 2.45) is 0 Å². The van der Waals surface area contributed by atoms with Crippen molar-refractivity contribution in [3.05, 3.63) is 18.2 Å². The van der Waals surface area contributed by atoms with Gasteiger partial charge in [-0.05, 0) is 5.46 Å². The Labute approximate surface area is 66.5 Å². The molecule has 1 aromatic rings. The molecule has 7 heteroatoms. The van der Waals surface area contributed by atoms with Gasteiger partial charge in [0.15, 0.2) is 0 Å². The molecule has 0 fully saturated rings. The Morgan fingerprint density at radius 2 is 1.75 bits per heavy atom. The minimum Gasteiger partial charge on any atom is -0.450 e. The molecule has 63 valence electrons. The van der Waals surface area contributed by atoms with Crippen molar-refractivity contribution in [3.63, 3.8) is 0 Å². The molecule has 0 unspecified atom stereocenters. The fourth-order valence-corrected chi connectivity index (χ4v) is 0.551. The van der Waals surface area contributed by atoms with Crippen LogP contribution in [0.4, 0.5) is 13.2 Å². The van der Waals surface area contributed by atoms with Gasteiger partial charge in [0, 0.05) is 12.4 Å². The van der Waals surface area contributed by atoms with Crippen LogP contribution in [-0.4, -0.2) is 22.5 Å². The molecule has 0 atom stereocenters. The largest absolute Gasteiger partial charge is 0.451 e. The SMILES string of the molecule is O[B]c1cnc(C(F)(F)F)nc1. The van der Waals surface area contributed by atoms with Crippen LogP contribution in [-0.2, 0) is 6.18 Å². The van der Waals surface area contributed by atoms with Gasteiger partial charge in [-0.15, -0.1) is 0 Å².